The van der Waals surface area contributed by atoms with Gasteiger partial charge in [0.25, 0.3) is 11.8 Å². The molecule has 2 amide bonds. The minimum atomic E-state index is -0.369. The molecule has 0 bridgehead atoms. The SMILES string of the molecule is COc1ccc(C(=O)N2CCN(C(=O)c3nn(-c4ccccc4F)c4c3CCC4)CC2)cc1OC. The number of halogens is 1. The number of amides is 2. The monoisotopic (exact) mass is 478 g/mol. The molecule has 182 valence electrons. The highest BCUT2D eigenvalue weighted by molar-refractivity contribution is 5.96. The summed E-state index contributed by atoms with van der Waals surface area (Å²) in [6, 6.07) is 11.5. The van der Waals surface area contributed by atoms with Crippen LogP contribution < -0.4 is 9.47 Å². The maximum atomic E-state index is 14.4. The lowest BCUT2D eigenvalue weighted by Crippen LogP contribution is -2.50. The highest BCUT2D eigenvalue weighted by atomic mass is 19.1. The van der Waals surface area contributed by atoms with Crippen LogP contribution in [0.25, 0.3) is 5.69 Å². The molecule has 9 heteroatoms. The summed E-state index contributed by atoms with van der Waals surface area (Å²) in [6.07, 6.45) is 2.43. The molecule has 0 saturated carbocycles. The average Bonchev–Trinajstić information content (AvgIpc) is 3.51. The number of hydrogen-bond acceptors (Lipinski definition) is 5. The molecule has 1 saturated heterocycles. The smallest absolute Gasteiger partial charge is 0.274 e. The number of rotatable bonds is 5. The average molecular weight is 479 g/mol. The molecule has 0 unspecified atom stereocenters. The first-order valence-electron chi connectivity index (χ1n) is 11.7. The molecule has 8 nitrogen and oxygen atoms in total. The normalized spacial score (nSPS) is 15.2. The van der Waals surface area contributed by atoms with Crippen LogP contribution in [0.15, 0.2) is 42.5 Å². The van der Waals surface area contributed by atoms with Crippen LogP contribution >= 0.6 is 0 Å². The molecule has 5 rings (SSSR count). The summed E-state index contributed by atoms with van der Waals surface area (Å²) in [4.78, 5) is 29.9. The number of para-hydroxylation sites is 1. The van der Waals surface area contributed by atoms with E-state index in [1.165, 1.54) is 13.2 Å². The van der Waals surface area contributed by atoms with Crippen molar-refractivity contribution >= 4 is 11.8 Å². The fourth-order valence-electron chi connectivity index (χ4n) is 4.85. The summed E-state index contributed by atoms with van der Waals surface area (Å²) < 4.78 is 26.6. The van der Waals surface area contributed by atoms with Gasteiger partial charge in [-0.1, -0.05) is 12.1 Å². The molecule has 2 heterocycles. The van der Waals surface area contributed by atoms with Crippen LogP contribution in [-0.4, -0.2) is 71.8 Å². The van der Waals surface area contributed by atoms with E-state index in [0.29, 0.717) is 54.6 Å². The fourth-order valence-corrected chi connectivity index (χ4v) is 4.85. The molecule has 0 N–H and O–H groups in total. The maximum absolute atomic E-state index is 14.4. The van der Waals surface area contributed by atoms with Gasteiger partial charge >= 0.3 is 0 Å². The van der Waals surface area contributed by atoms with Crippen molar-refractivity contribution in [1.29, 1.82) is 0 Å². The van der Waals surface area contributed by atoms with E-state index in [2.05, 4.69) is 5.10 Å². The largest absolute Gasteiger partial charge is 0.493 e. The third kappa shape index (κ3) is 4.11. The first-order valence-corrected chi connectivity index (χ1v) is 11.7. The van der Waals surface area contributed by atoms with Gasteiger partial charge < -0.3 is 19.3 Å². The topological polar surface area (TPSA) is 76.9 Å². The lowest BCUT2D eigenvalue weighted by atomic mass is 10.1. The Hall–Kier alpha value is -3.88. The van der Waals surface area contributed by atoms with Crippen LogP contribution in [0.3, 0.4) is 0 Å². The van der Waals surface area contributed by atoms with Crippen molar-refractivity contribution in [2.24, 2.45) is 0 Å². The maximum Gasteiger partial charge on any atom is 0.274 e. The summed E-state index contributed by atoms with van der Waals surface area (Å²) in [5, 5.41) is 4.55. The van der Waals surface area contributed by atoms with E-state index in [1.807, 2.05) is 0 Å². The van der Waals surface area contributed by atoms with Gasteiger partial charge in [-0.15, -0.1) is 0 Å². The Labute approximate surface area is 202 Å². The summed E-state index contributed by atoms with van der Waals surface area (Å²) in [6.45, 7) is 1.63. The Bertz CT molecular complexity index is 1280. The lowest BCUT2D eigenvalue weighted by molar-refractivity contribution is 0.0531. The molecule has 2 aliphatic rings. The zero-order valence-corrected chi connectivity index (χ0v) is 19.8. The third-order valence-corrected chi connectivity index (χ3v) is 6.70. The predicted molar refractivity (Wildman–Crippen MR) is 127 cm³/mol. The van der Waals surface area contributed by atoms with E-state index in [9.17, 15) is 14.0 Å². The summed E-state index contributed by atoms with van der Waals surface area (Å²) in [5.41, 5.74) is 3.06. The molecular weight excluding hydrogens is 451 g/mol. The number of ether oxygens (including phenoxy) is 2. The number of carbonyl (C=O) groups is 2. The Morgan fingerprint density at radius 2 is 1.57 bits per heavy atom. The Balaban J connectivity index is 1.31. The second-order valence-electron chi connectivity index (χ2n) is 8.64. The fraction of sp³-hybridized carbons (Fsp3) is 0.346. The molecule has 0 spiro atoms. The van der Waals surface area contributed by atoms with Crippen molar-refractivity contribution in [2.45, 2.75) is 19.3 Å². The number of piperazine rings is 1. The molecule has 1 aliphatic carbocycles. The van der Waals surface area contributed by atoms with E-state index in [-0.39, 0.29) is 17.6 Å². The van der Waals surface area contributed by atoms with E-state index < -0.39 is 0 Å². The molecule has 1 aliphatic heterocycles. The molecule has 0 radical (unpaired) electrons. The second-order valence-corrected chi connectivity index (χ2v) is 8.64. The van der Waals surface area contributed by atoms with Gasteiger partial charge in [0, 0.05) is 43.0 Å². The molecular formula is C26H27FN4O4. The molecule has 1 aromatic heterocycles. The standard InChI is InChI=1S/C26H27FN4O4/c1-34-22-11-10-17(16-23(22)35-2)25(32)29-12-14-30(15-13-29)26(33)24-18-6-5-9-20(18)31(28-24)21-8-4-3-7-19(21)27/h3-4,7-8,10-11,16H,5-6,9,12-15H2,1-2H3. The lowest BCUT2D eigenvalue weighted by Gasteiger charge is -2.34. The van der Waals surface area contributed by atoms with Crippen LogP contribution in [0.4, 0.5) is 4.39 Å². The molecule has 1 fully saturated rings. The van der Waals surface area contributed by atoms with Gasteiger partial charge in [-0.05, 0) is 49.6 Å². The Kier molecular flexibility index (Phi) is 6.15. The first kappa shape index (κ1) is 22.9. The van der Waals surface area contributed by atoms with Gasteiger partial charge in [0.05, 0.1) is 14.2 Å². The first-order chi connectivity index (χ1) is 17.0. The number of hydrogen-bond donors (Lipinski definition) is 0. The molecule has 3 aromatic rings. The summed E-state index contributed by atoms with van der Waals surface area (Å²) in [5.74, 6) is 0.387. The zero-order chi connectivity index (χ0) is 24.5. The number of fused-ring (bicyclic) bond motifs is 1. The molecule has 35 heavy (non-hydrogen) atoms. The van der Waals surface area contributed by atoms with Crippen molar-refractivity contribution in [2.75, 3.05) is 40.4 Å². The van der Waals surface area contributed by atoms with Crippen molar-refractivity contribution in [1.82, 2.24) is 19.6 Å². The van der Waals surface area contributed by atoms with Gasteiger partial charge in [-0.25, -0.2) is 9.07 Å². The van der Waals surface area contributed by atoms with Crippen LogP contribution in [0.1, 0.15) is 38.5 Å². The molecule has 0 atom stereocenters. The second kappa shape index (κ2) is 9.40. The number of benzene rings is 2. The van der Waals surface area contributed by atoms with Crippen molar-refractivity contribution < 1.29 is 23.5 Å². The number of aromatic nitrogens is 2. The van der Waals surface area contributed by atoms with E-state index >= 15 is 0 Å². The van der Waals surface area contributed by atoms with E-state index in [0.717, 1.165) is 30.5 Å². The minimum absolute atomic E-state index is 0.122. The third-order valence-electron chi connectivity index (χ3n) is 6.70. The van der Waals surface area contributed by atoms with Crippen molar-refractivity contribution in [3.63, 3.8) is 0 Å². The highest BCUT2D eigenvalue weighted by Gasteiger charge is 2.32. The summed E-state index contributed by atoms with van der Waals surface area (Å²) >= 11 is 0. The van der Waals surface area contributed by atoms with Gasteiger partial charge in [0.1, 0.15) is 11.5 Å². The highest BCUT2D eigenvalue weighted by Crippen LogP contribution is 2.30. The predicted octanol–water partition coefficient (Wildman–Crippen LogP) is 3.12. The van der Waals surface area contributed by atoms with Crippen LogP contribution in [0, 0.1) is 5.82 Å². The number of nitrogens with zero attached hydrogens (tertiary/aromatic N) is 4. The zero-order valence-electron chi connectivity index (χ0n) is 19.8. The quantitative estimate of drug-likeness (QED) is 0.563. The van der Waals surface area contributed by atoms with Gasteiger partial charge in [-0.2, -0.15) is 5.10 Å². The van der Waals surface area contributed by atoms with Crippen molar-refractivity contribution in [3.05, 3.63) is 70.8 Å². The van der Waals surface area contributed by atoms with Gasteiger partial charge in [0.15, 0.2) is 17.2 Å². The van der Waals surface area contributed by atoms with Gasteiger partial charge in [-0.3, -0.25) is 9.59 Å². The van der Waals surface area contributed by atoms with Crippen molar-refractivity contribution in [3.8, 4) is 17.2 Å². The van der Waals surface area contributed by atoms with Gasteiger partial charge in [0.2, 0.25) is 0 Å². The van der Waals surface area contributed by atoms with E-state index in [1.54, 1.807) is 58.0 Å². The number of methoxy groups -OCH3 is 2. The molecule has 2 aromatic carbocycles. The Morgan fingerprint density at radius 1 is 0.886 bits per heavy atom. The van der Waals surface area contributed by atoms with E-state index in [4.69, 9.17) is 9.47 Å². The van der Waals surface area contributed by atoms with Crippen LogP contribution in [-0.2, 0) is 12.8 Å². The summed E-state index contributed by atoms with van der Waals surface area (Å²) in [7, 11) is 3.07. The van der Waals surface area contributed by atoms with Crippen LogP contribution in [0.5, 0.6) is 11.5 Å². The Morgan fingerprint density at radius 3 is 2.26 bits per heavy atom. The van der Waals surface area contributed by atoms with Crippen LogP contribution in [0.2, 0.25) is 0 Å². The number of carbonyl (C=O) groups excluding carboxylic acids is 2. The minimum Gasteiger partial charge on any atom is -0.493 e.